The molecule has 0 aliphatic rings. The molecule has 0 spiro atoms. The Morgan fingerprint density at radius 1 is 1.19 bits per heavy atom. The van der Waals surface area contributed by atoms with Gasteiger partial charge < -0.3 is 0 Å². The summed E-state index contributed by atoms with van der Waals surface area (Å²) in [7, 11) is 0. The molecule has 9 heteroatoms. The minimum Gasteiger partial charge on any atom is -0.279 e. The molecule has 1 N–H and O–H groups in total. The van der Waals surface area contributed by atoms with Crippen LogP contribution in [0.4, 0.5) is 11.4 Å². The van der Waals surface area contributed by atoms with E-state index in [4.69, 9.17) is 0 Å². The summed E-state index contributed by atoms with van der Waals surface area (Å²) in [5.74, 6) is 0.656. The second-order valence-corrected chi connectivity index (χ2v) is 5.46. The molecule has 0 amide bonds. The first-order chi connectivity index (χ1) is 12.7. The van der Waals surface area contributed by atoms with Crippen molar-refractivity contribution in [1.29, 1.82) is 0 Å². The largest absolute Gasteiger partial charge is 0.279 e. The van der Waals surface area contributed by atoms with Gasteiger partial charge in [0, 0.05) is 24.8 Å². The Morgan fingerprint density at radius 3 is 2.58 bits per heavy atom. The lowest BCUT2D eigenvalue weighted by Crippen LogP contribution is -2.04. The third-order valence-corrected chi connectivity index (χ3v) is 3.76. The summed E-state index contributed by atoms with van der Waals surface area (Å²) in [6.07, 6.45) is 3.05. The van der Waals surface area contributed by atoms with Crippen LogP contribution in [0.25, 0.3) is 5.69 Å². The van der Waals surface area contributed by atoms with Gasteiger partial charge in [-0.3, -0.25) is 15.5 Å². The van der Waals surface area contributed by atoms with Crippen molar-refractivity contribution in [3.05, 3.63) is 70.0 Å². The average Bonchev–Trinajstić information content (AvgIpc) is 3.14. The first-order valence-electron chi connectivity index (χ1n) is 8.06. The molecule has 0 radical (unpaired) electrons. The lowest BCUT2D eigenvalue weighted by Gasteiger charge is -2.04. The van der Waals surface area contributed by atoms with E-state index in [0.717, 1.165) is 12.1 Å². The summed E-state index contributed by atoms with van der Waals surface area (Å²) >= 11 is 0. The van der Waals surface area contributed by atoms with E-state index in [1.54, 1.807) is 23.0 Å². The number of hydrogen-bond donors (Lipinski definition) is 1. The quantitative estimate of drug-likeness (QED) is 0.398. The predicted octanol–water partition coefficient (Wildman–Crippen LogP) is 2.77. The highest BCUT2D eigenvalue weighted by molar-refractivity contribution is 5.62. The summed E-state index contributed by atoms with van der Waals surface area (Å²) in [5, 5.41) is 26.5. The number of nitrogens with one attached hydrogen (secondary N) is 1. The minimum absolute atomic E-state index is 0.0350. The van der Waals surface area contributed by atoms with Crippen LogP contribution < -0.4 is 5.43 Å². The number of aryl methyl sites for hydroxylation is 1. The van der Waals surface area contributed by atoms with Crippen LogP contribution in [0.3, 0.4) is 0 Å². The molecule has 26 heavy (non-hydrogen) atoms. The third-order valence-electron chi connectivity index (χ3n) is 3.76. The van der Waals surface area contributed by atoms with Crippen LogP contribution in [0.15, 0.2) is 53.6 Å². The van der Waals surface area contributed by atoms with Crippen molar-refractivity contribution in [2.75, 3.05) is 5.43 Å². The van der Waals surface area contributed by atoms with Gasteiger partial charge in [-0.1, -0.05) is 19.1 Å². The topological polar surface area (TPSA) is 111 Å². The van der Waals surface area contributed by atoms with Crippen LogP contribution in [0.5, 0.6) is 0 Å². The number of anilines is 1. The first kappa shape index (κ1) is 17.2. The van der Waals surface area contributed by atoms with E-state index < -0.39 is 4.92 Å². The summed E-state index contributed by atoms with van der Waals surface area (Å²) in [4.78, 5) is 10.2. The molecule has 1 aromatic heterocycles. The maximum Gasteiger partial charge on any atom is 0.269 e. The molecule has 0 saturated heterocycles. The second-order valence-electron chi connectivity index (χ2n) is 5.46. The number of hydrogen-bond acceptors (Lipinski definition) is 7. The van der Waals surface area contributed by atoms with Gasteiger partial charge in [0.05, 0.1) is 16.3 Å². The molecule has 0 fully saturated rings. The van der Waals surface area contributed by atoms with Gasteiger partial charge in [0.2, 0.25) is 0 Å². The van der Waals surface area contributed by atoms with E-state index in [0.29, 0.717) is 17.9 Å². The van der Waals surface area contributed by atoms with Crippen LogP contribution in [0, 0.1) is 10.1 Å². The van der Waals surface area contributed by atoms with Crippen LogP contribution in [-0.4, -0.2) is 31.3 Å². The number of benzene rings is 2. The molecule has 3 aromatic rings. The second kappa shape index (κ2) is 7.97. The van der Waals surface area contributed by atoms with Gasteiger partial charge in [-0.15, -0.1) is 5.10 Å². The van der Waals surface area contributed by atoms with Crippen molar-refractivity contribution >= 4 is 17.6 Å². The number of non-ortho nitro benzene ring substituents is 1. The molecule has 3 rings (SSSR count). The summed E-state index contributed by atoms with van der Waals surface area (Å²) in [6, 6.07) is 14.1. The highest BCUT2D eigenvalue weighted by Crippen LogP contribution is 2.15. The minimum atomic E-state index is -0.445. The van der Waals surface area contributed by atoms with Crippen molar-refractivity contribution < 1.29 is 4.92 Å². The van der Waals surface area contributed by atoms with E-state index in [1.165, 1.54) is 17.7 Å². The molecule has 0 unspecified atom stereocenters. The highest BCUT2D eigenvalue weighted by atomic mass is 16.6. The van der Waals surface area contributed by atoms with Crippen LogP contribution in [0.1, 0.15) is 18.3 Å². The van der Waals surface area contributed by atoms with E-state index in [2.05, 4.69) is 33.0 Å². The normalized spacial score (nSPS) is 11.0. The Morgan fingerprint density at radius 2 is 1.92 bits per heavy atom. The van der Waals surface area contributed by atoms with Crippen molar-refractivity contribution in [2.45, 2.75) is 19.8 Å². The fourth-order valence-electron chi connectivity index (χ4n) is 2.31. The molecule has 2 aromatic carbocycles. The van der Waals surface area contributed by atoms with Crippen molar-refractivity contribution in [2.24, 2.45) is 5.10 Å². The van der Waals surface area contributed by atoms with Gasteiger partial charge >= 0.3 is 0 Å². The van der Waals surface area contributed by atoms with Crippen molar-refractivity contribution in [1.82, 2.24) is 20.2 Å². The van der Waals surface area contributed by atoms with Crippen LogP contribution in [0.2, 0.25) is 0 Å². The zero-order valence-corrected chi connectivity index (χ0v) is 14.1. The molecule has 0 saturated carbocycles. The molecule has 1 heterocycles. The van der Waals surface area contributed by atoms with E-state index >= 15 is 0 Å². The summed E-state index contributed by atoms with van der Waals surface area (Å²) in [5.41, 5.74) is 5.64. The Labute approximate surface area is 149 Å². The molecule has 9 nitrogen and oxygen atoms in total. The first-order valence-corrected chi connectivity index (χ1v) is 8.06. The summed E-state index contributed by atoms with van der Waals surface area (Å²) in [6.45, 7) is 2.10. The zero-order chi connectivity index (χ0) is 18.4. The number of aromatic nitrogens is 4. The Balaban J connectivity index is 1.62. The Hall–Kier alpha value is -3.62. The number of nitro benzene ring substituents is 1. The zero-order valence-electron chi connectivity index (χ0n) is 14.1. The number of nitro groups is 1. The number of tetrazole rings is 1. The van der Waals surface area contributed by atoms with Gasteiger partial charge in [0.25, 0.3) is 5.69 Å². The van der Waals surface area contributed by atoms with Gasteiger partial charge in [0.15, 0.2) is 5.82 Å². The molecule has 0 bridgehead atoms. The lowest BCUT2D eigenvalue weighted by molar-refractivity contribution is -0.384. The maximum absolute atomic E-state index is 10.6. The molecular weight excluding hydrogens is 334 g/mol. The van der Waals surface area contributed by atoms with Crippen LogP contribution >= 0.6 is 0 Å². The lowest BCUT2D eigenvalue weighted by atomic mass is 10.1. The highest BCUT2D eigenvalue weighted by Gasteiger charge is 2.07. The molecule has 132 valence electrons. The fraction of sp³-hybridized carbons (Fsp3) is 0.176. The molecule has 0 atom stereocenters. The van der Waals surface area contributed by atoms with Gasteiger partial charge in [0.1, 0.15) is 0 Å². The number of rotatable bonds is 7. The van der Waals surface area contributed by atoms with Crippen molar-refractivity contribution in [3.63, 3.8) is 0 Å². The van der Waals surface area contributed by atoms with Gasteiger partial charge in [-0.2, -0.15) is 9.78 Å². The standard InChI is InChI=1S/C17H17N7O2/c1-2-13-3-7-15(8-4-13)23-17(20-21-22-23)11-12-18-19-14-5-9-16(10-6-14)24(25)26/h3-10,12,19H,2,11H2,1H3. The van der Waals surface area contributed by atoms with Gasteiger partial charge in [-0.05, 0) is 46.7 Å². The summed E-state index contributed by atoms with van der Waals surface area (Å²) < 4.78 is 1.66. The monoisotopic (exact) mass is 351 g/mol. The Bertz CT molecular complexity index is 902. The van der Waals surface area contributed by atoms with Crippen molar-refractivity contribution in [3.8, 4) is 5.69 Å². The maximum atomic E-state index is 10.6. The average molecular weight is 351 g/mol. The smallest absolute Gasteiger partial charge is 0.269 e. The van der Waals surface area contributed by atoms with E-state index in [9.17, 15) is 10.1 Å². The predicted molar refractivity (Wildman–Crippen MR) is 97.4 cm³/mol. The SMILES string of the molecule is CCc1ccc(-n2nnnc2CC=NNc2ccc([N+](=O)[O-])cc2)cc1. The fourth-order valence-corrected chi connectivity index (χ4v) is 2.31. The van der Waals surface area contributed by atoms with E-state index in [1.807, 2.05) is 24.3 Å². The molecular formula is C17H17N7O2. The third kappa shape index (κ3) is 4.07. The number of nitrogens with zero attached hydrogens (tertiary/aromatic N) is 6. The van der Waals surface area contributed by atoms with Gasteiger partial charge in [-0.25, -0.2) is 0 Å². The molecule has 0 aliphatic carbocycles. The number of hydrazone groups is 1. The van der Waals surface area contributed by atoms with Crippen LogP contribution in [-0.2, 0) is 12.8 Å². The van der Waals surface area contributed by atoms with E-state index in [-0.39, 0.29) is 5.69 Å². The Kier molecular flexibility index (Phi) is 5.28. The molecule has 0 aliphatic heterocycles.